The van der Waals surface area contributed by atoms with E-state index < -0.39 is 0 Å². The lowest BCUT2D eigenvalue weighted by atomic mass is 10.3. The van der Waals surface area contributed by atoms with Crippen molar-refractivity contribution in [3.8, 4) is 5.75 Å². The molecule has 0 amide bonds. The van der Waals surface area contributed by atoms with Crippen LogP contribution in [0.5, 0.6) is 5.75 Å². The number of fused-ring (bicyclic) bond motifs is 2. The average Bonchev–Trinajstić information content (AvgIpc) is 2.60. The van der Waals surface area contributed by atoms with Gasteiger partial charge in [-0.25, -0.2) is 0 Å². The van der Waals surface area contributed by atoms with Gasteiger partial charge in [0.15, 0.2) is 0 Å². The SMILES string of the molecule is CCCOc1cc2ccc1s2. The third kappa shape index (κ3) is 1.18. The van der Waals surface area contributed by atoms with Gasteiger partial charge in [-0.3, -0.25) is 0 Å². The fourth-order valence-corrected chi connectivity index (χ4v) is 2.00. The summed E-state index contributed by atoms with van der Waals surface area (Å²) in [5.41, 5.74) is 0. The van der Waals surface area contributed by atoms with Gasteiger partial charge in [-0.2, -0.15) is 0 Å². The summed E-state index contributed by atoms with van der Waals surface area (Å²) in [7, 11) is 0. The van der Waals surface area contributed by atoms with Crippen LogP contribution in [0.15, 0.2) is 18.2 Å². The Morgan fingerprint density at radius 2 is 2.36 bits per heavy atom. The summed E-state index contributed by atoms with van der Waals surface area (Å²) in [6.45, 7) is 2.95. The van der Waals surface area contributed by atoms with Crippen molar-refractivity contribution in [2.24, 2.45) is 0 Å². The minimum Gasteiger partial charge on any atom is -0.492 e. The third-order valence-corrected chi connectivity index (χ3v) is 2.65. The molecule has 0 fully saturated rings. The standard InChI is InChI=1S/C9H10OS/c1-2-5-10-8-6-7-3-4-9(8)11-7/h3-4,6H,2,5H2,1H3. The fourth-order valence-electron chi connectivity index (χ4n) is 1.09. The molecule has 0 radical (unpaired) electrons. The molecular weight excluding hydrogens is 156 g/mol. The minimum absolute atomic E-state index is 0.830. The van der Waals surface area contributed by atoms with Gasteiger partial charge in [0.05, 0.1) is 11.3 Å². The highest BCUT2D eigenvalue weighted by molar-refractivity contribution is 7.24. The lowest BCUT2D eigenvalue weighted by molar-refractivity contribution is 0.322. The summed E-state index contributed by atoms with van der Waals surface area (Å²) in [4.78, 5) is 0. The predicted octanol–water partition coefficient (Wildman–Crippen LogP) is 3.13. The zero-order valence-corrected chi connectivity index (χ0v) is 7.28. The molecule has 2 bridgehead atoms. The van der Waals surface area contributed by atoms with E-state index in [0.717, 1.165) is 18.8 Å². The molecule has 0 aliphatic rings. The smallest absolute Gasteiger partial charge is 0.137 e. The van der Waals surface area contributed by atoms with E-state index in [1.165, 1.54) is 9.40 Å². The van der Waals surface area contributed by atoms with Crippen molar-refractivity contribution >= 4 is 20.7 Å². The Balaban J connectivity index is 2.18. The fraction of sp³-hybridized carbons (Fsp3) is 0.333. The van der Waals surface area contributed by atoms with E-state index in [9.17, 15) is 0 Å². The lowest BCUT2D eigenvalue weighted by Crippen LogP contribution is -1.93. The topological polar surface area (TPSA) is 9.23 Å². The first-order valence-electron chi connectivity index (χ1n) is 3.85. The van der Waals surface area contributed by atoms with Crippen LogP contribution in [0.3, 0.4) is 0 Å². The van der Waals surface area contributed by atoms with Crippen LogP contribution in [0.4, 0.5) is 0 Å². The maximum absolute atomic E-state index is 5.52. The van der Waals surface area contributed by atoms with Crippen molar-refractivity contribution in [2.45, 2.75) is 13.3 Å². The molecule has 2 heterocycles. The van der Waals surface area contributed by atoms with Crippen molar-refractivity contribution in [1.82, 2.24) is 0 Å². The van der Waals surface area contributed by atoms with Gasteiger partial charge >= 0.3 is 0 Å². The number of hydrogen-bond donors (Lipinski definition) is 0. The summed E-state index contributed by atoms with van der Waals surface area (Å²) >= 11 is 1.79. The summed E-state index contributed by atoms with van der Waals surface area (Å²) in [5.74, 6) is 1.06. The van der Waals surface area contributed by atoms with Gasteiger partial charge in [0.1, 0.15) is 5.75 Å². The second-order valence-corrected chi connectivity index (χ2v) is 3.67. The number of benzene rings is 1. The number of ether oxygens (including phenoxy) is 1. The molecule has 0 spiro atoms. The first kappa shape index (κ1) is 6.92. The van der Waals surface area contributed by atoms with Crippen LogP contribution >= 0.6 is 11.3 Å². The predicted molar refractivity (Wildman–Crippen MR) is 48.8 cm³/mol. The summed E-state index contributed by atoms with van der Waals surface area (Å²) in [6, 6.07) is 6.35. The monoisotopic (exact) mass is 166 g/mol. The Hall–Kier alpha value is -0.760. The van der Waals surface area contributed by atoms with Gasteiger partial charge in [-0.1, -0.05) is 6.92 Å². The molecule has 2 rings (SSSR count). The first-order chi connectivity index (χ1) is 5.40. The van der Waals surface area contributed by atoms with Crippen LogP contribution in [0, 0.1) is 0 Å². The van der Waals surface area contributed by atoms with E-state index in [1.54, 1.807) is 11.3 Å². The van der Waals surface area contributed by atoms with E-state index in [4.69, 9.17) is 4.74 Å². The Labute approximate surface area is 69.9 Å². The van der Waals surface area contributed by atoms with Gasteiger partial charge in [0.2, 0.25) is 0 Å². The summed E-state index contributed by atoms with van der Waals surface area (Å²) in [6.07, 6.45) is 1.08. The van der Waals surface area contributed by atoms with Gasteiger partial charge in [0, 0.05) is 4.70 Å². The highest BCUT2D eigenvalue weighted by Crippen LogP contribution is 2.34. The van der Waals surface area contributed by atoms with Crippen molar-refractivity contribution in [3.05, 3.63) is 18.2 Å². The summed E-state index contributed by atoms with van der Waals surface area (Å²) < 4.78 is 8.10. The molecule has 2 heteroatoms. The van der Waals surface area contributed by atoms with E-state index in [2.05, 4.69) is 25.1 Å². The highest BCUT2D eigenvalue weighted by atomic mass is 32.1. The van der Waals surface area contributed by atoms with Crippen LogP contribution in [0.2, 0.25) is 0 Å². The molecule has 1 nitrogen and oxygen atoms in total. The molecule has 0 atom stereocenters. The van der Waals surface area contributed by atoms with E-state index >= 15 is 0 Å². The molecule has 0 N–H and O–H groups in total. The van der Waals surface area contributed by atoms with Gasteiger partial charge in [0.25, 0.3) is 0 Å². The van der Waals surface area contributed by atoms with Gasteiger partial charge in [-0.15, -0.1) is 11.3 Å². The molecular formula is C9H10OS. The van der Waals surface area contributed by atoms with Gasteiger partial charge in [-0.05, 0) is 24.6 Å². The van der Waals surface area contributed by atoms with Crippen LogP contribution in [-0.2, 0) is 0 Å². The second-order valence-electron chi connectivity index (χ2n) is 2.56. The number of rotatable bonds is 3. The molecule has 2 aromatic heterocycles. The van der Waals surface area contributed by atoms with E-state index in [-0.39, 0.29) is 0 Å². The number of thiophene rings is 2. The summed E-state index contributed by atoms with van der Waals surface area (Å²) in [5, 5.41) is 0. The Morgan fingerprint density at radius 1 is 1.45 bits per heavy atom. The zero-order valence-electron chi connectivity index (χ0n) is 6.46. The molecule has 0 aromatic carbocycles. The maximum atomic E-state index is 5.52. The molecule has 0 unspecified atom stereocenters. The Kier molecular flexibility index (Phi) is 1.70. The van der Waals surface area contributed by atoms with Gasteiger partial charge < -0.3 is 4.74 Å². The largest absolute Gasteiger partial charge is 0.492 e. The molecule has 11 heavy (non-hydrogen) atoms. The van der Waals surface area contributed by atoms with Crippen LogP contribution < -0.4 is 4.74 Å². The quantitative estimate of drug-likeness (QED) is 0.680. The Bertz CT molecular complexity index is 326. The molecule has 58 valence electrons. The minimum atomic E-state index is 0.830. The van der Waals surface area contributed by atoms with Crippen LogP contribution in [0.1, 0.15) is 13.3 Å². The zero-order chi connectivity index (χ0) is 7.68. The van der Waals surface area contributed by atoms with Crippen LogP contribution in [-0.4, -0.2) is 6.61 Å². The van der Waals surface area contributed by atoms with Crippen molar-refractivity contribution in [3.63, 3.8) is 0 Å². The molecule has 0 saturated heterocycles. The highest BCUT2D eigenvalue weighted by Gasteiger charge is 2.04. The Morgan fingerprint density at radius 3 is 2.91 bits per heavy atom. The normalized spacial score (nSPS) is 11.0. The lowest BCUT2D eigenvalue weighted by Gasteiger charge is -2.00. The second kappa shape index (κ2) is 2.70. The average molecular weight is 166 g/mol. The van der Waals surface area contributed by atoms with E-state index in [1.807, 2.05) is 0 Å². The maximum Gasteiger partial charge on any atom is 0.137 e. The van der Waals surface area contributed by atoms with Crippen molar-refractivity contribution < 1.29 is 4.74 Å². The molecule has 2 aromatic rings. The number of hydrogen-bond acceptors (Lipinski definition) is 2. The third-order valence-electron chi connectivity index (χ3n) is 1.60. The first-order valence-corrected chi connectivity index (χ1v) is 4.66. The molecule has 0 saturated carbocycles. The van der Waals surface area contributed by atoms with Crippen LogP contribution in [0.25, 0.3) is 9.40 Å². The molecule has 0 aliphatic heterocycles. The molecule has 0 aliphatic carbocycles. The van der Waals surface area contributed by atoms with Crippen molar-refractivity contribution in [1.29, 1.82) is 0 Å². The van der Waals surface area contributed by atoms with Crippen molar-refractivity contribution in [2.75, 3.05) is 6.61 Å². The van der Waals surface area contributed by atoms with E-state index in [0.29, 0.717) is 0 Å².